The number of amides is 3. The maximum absolute atomic E-state index is 12.7. The third-order valence-corrected chi connectivity index (χ3v) is 5.22. The lowest BCUT2D eigenvalue weighted by atomic mass is 10.1. The Morgan fingerprint density at radius 1 is 0.939 bits per heavy atom. The minimum Gasteiger partial charge on any atom is -0.447 e. The number of hydrogen-bond donors (Lipinski definition) is 4. The second kappa shape index (κ2) is 12.4. The van der Waals surface area contributed by atoms with Crippen LogP contribution < -0.4 is 21.3 Å². The Bertz CT molecular complexity index is 959. The van der Waals surface area contributed by atoms with E-state index in [0.29, 0.717) is 29.2 Å². The molecule has 4 N–H and O–H groups in total. The predicted octanol–water partition coefficient (Wildman–Crippen LogP) is 3.60. The molecular weight excluding hydrogens is 424 g/mol. The van der Waals surface area contributed by atoms with Gasteiger partial charge in [-0.05, 0) is 43.2 Å². The van der Waals surface area contributed by atoms with Gasteiger partial charge >= 0.3 is 6.09 Å². The van der Waals surface area contributed by atoms with Crippen molar-refractivity contribution in [1.29, 1.82) is 0 Å². The second-order valence-corrected chi connectivity index (χ2v) is 7.74. The average molecular weight is 455 g/mol. The lowest BCUT2D eigenvalue weighted by Crippen LogP contribution is -2.33. The Kier molecular flexibility index (Phi) is 9.08. The van der Waals surface area contributed by atoms with Gasteiger partial charge in [0.1, 0.15) is 6.61 Å². The monoisotopic (exact) mass is 454 g/mol. The lowest BCUT2D eigenvalue weighted by molar-refractivity contribution is -0.114. The van der Waals surface area contributed by atoms with Gasteiger partial charge in [0.15, 0.2) is 0 Å². The molecule has 0 unspecified atom stereocenters. The maximum atomic E-state index is 12.7. The summed E-state index contributed by atoms with van der Waals surface area (Å²) in [6.07, 6.45) is 3.64. The van der Waals surface area contributed by atoms with E-state index in [1.807, 2.05) is 0 Å². The smallest absolute Gasteiger partial charge is 0.411 e. The Balaban J connectivity index is 1.51. The van der Waals surface area contributed by atoms with Crippen molar-refractivity contribution in [2.45, 2.75) is 31.7 Å². The summed E-state index contributed by atoms with van der Waals surface area (Å²) < 4.78 is 9.80. The van der Waals surface area contributed by atoms with Crippen LogP contribution in [0.1, 0.15) is 36.0 Å². The summed E-state index contributed by atoms with van der Waals surface area (Å²) in [5.74, 6) is -0.477. The van der Waals surface area contributed by atoms with Gasteiger partial charge in [0.25, 0.3) is 5.91 Å². The standard InChI is InChI=1S/C24H30N4O5/c1-32-13-14-33-24(31)27-19-10-6-9-18(15-19)25-16-22(29)28-21-12-5-4-11-20(21)23(30)26-17-7-2-3-8-17/h4-6,9-12,15,17,25H,2-3,7-8,13-14,16H2,1H3,(H,26,30)(H,27,31)(H,28,29). The van der Waals surface area contributed by atoms with Gasteiger partial charge in [0.2, 0.25) is 5.91 Å². The molecule has 0 atom stereocenters. The fourth-order valence-corrected chi connectivity index (χ4v) is 3.58. The zero-order valence-electron chi connectivity index (χ0n) is 18.7. The van der Waals surface area contributed by atoms with Crippen LogP contribution in [0.3, 0.4) is 0 Å². The van der Waals surface area contributed by atoms with E-state index in [1.165, 1.54) is 7.11 Å². The normalized spacial score (nSPS) is 13.2. The van der Waals surface area contributed by atoms with Gasteiger partial charge in [-0.15, -0.1) is 0 Å². The van der Waals surface area contributed by atoms with E-state index in [4.69, 9.17) is 9.47 Å². The Labute approximate surface area is 193 Å². The number of rotatable bonds is 10. The van der Waals surface area contributed by atoms with Crippen LogP contribution >= 0.6 is 0 Å². The molecule has 1 fully saturated rings. The number of carbonyl (C=O) groups is 3. The molecule has 3 amide bonds. The Hall–Kier alpha value is -3.59. The van der Waals surface area contributed by atoms with Crippen molar-refractivity contribution < 1.29 is 23.9 Å². The molecule has 1 aliphatic carbocycles. The van der Waals surface area contributed by atoms with E-state index in [1.54, 1.807) is 48.5 Å². The minimum atomic E-state index is -0.588. The molecule has 33 heavy (non-hydrogen) atoms. The highest BCUT2D eigenvalue weighted by Gasteiger charge is 2.20. The molecule has 9 nitrogen and oxygen atoms in total. The van der Waals surface area contributed by atoms with Gasteiger partial charge in [-0.3, -0.25) is 14.9 Å². The molecule has 0 aliphatic heterocycles. The van der Waals surface area contributed by atoms with Gasteiger partial charge < -0.3 is 25.4 Å². The van der Waals surface area contributed by atoms with Gasteiger partial charge in [0, 0.05) is 24.5 Å². The third-order valence-electron chi connectivity index (χ3n) is 5.22. The van der Waals surface area contributed by atoms with Gasteiger partial charge in [-0.25, -0.2) is 4.79 Å². The summed E-state index contributed by atoms with van der Waals surface area (Å²) in [6.45, 7) is 0.455. The number of methoxy groups -OCH3 is 1. The average Bonchev–Trinajstić information content (AvgIpc) is 3.31. The first-order chi connectivity index (χ1) is 16.0. The molecule has 176 valence electrons. The van der Waals surface area contributed by atoms with Gasteiger partial charge in [0.05, 0.1) is 24.4 Å². The van der Waals surface area contributed by atoms with Crippen LogP contribution in [0.15, 0.2) is 48.5 Å². The maximum Gasteiger partial charge on any atom is 0.411 e. The van der Waals surface area contributed by atoms with Crippen LogP contribution in [0, 0.1) is 0 Å². The summed E-state index contributed by atoms with van der Waals surface area (Å²) >= 11 is 0. The van der Waals surface area contributed by atoms with Crippen molar-refractivity contribution in [3.63, 3.8) is 0 Å². The first-order valence-corrected chi connectivity index (χ1v) is 11.0. The van der Waals surface area contributed by atoms with E-state index < -0.39 is 6.09 Å². The van der Waals surface area contributed by atoms with Crippen molar-refractivity contribution in [2.24, 2.45) is 0 Å². The molecule has 0 saturated heterocycles. The molecule has 0 aromatic heterocycles. The summed E-state index contributed by atoms with van der Waals surface area (Å²) in [4.78, 5) is 36.9. The van der Waals surface area contributed by atoms with Crippen LogP contribution in [-0.2, 0) is 14.3 Å². The fourth-order valence-electron chi connectivity index (χ4n) is 3.58. The van der Waals surface area contributed by atoms with E-state index in [-0.39, 0.29) is 31.0 Å². The highest BCUT2D eigenvalue weighted by atomic mass is 16.6. The molecular formula is C24H30N4O5. The first-order valence-electron chi connectivity index (χ1n) is 11.0. The van der Waals surface area contributed by atoms with Crippen LogP contribution in [0.4, 0.5) is 21.9 Å². The van der Waals surface area contributed by atoms with E-state index in [9.17, 15) is 14.4 Å². The molecule has 1 saturated carbocycles. The molecule has 2 aromatic rings. The molecule has 0 bridgehead atoms. The van der Waals surface area contributed by atoms with Crippen molar-refractivity contribution in [3.8, 4) is 0 Å². The second-order valence-electron chi connectivity index (χ2n) is 7.74. The highest BCUT2D eigenvalue weighted by molar-refractivity contribution is 6.04. The van der Waals surface area contributed by atoms with Crippen LogP contribution in [0.2, 0.25) is 0 Å². The summed E-state index contributed by atoms with van der Waals surface area (Å²) in [7, 11) is 1.52. The summed E-state index contributed by atoms with van der Waals surface area (Å²) in [5, 5.41) is 11.5. The number of hydrogen-bond acceptors (Lipinski definition) is 6. The Morgan fingerprint density at radius 2 is 1.70 bits per heavy atom. The number of ether oxygens (including phenoxy) is 2. The largest absolute Gasteiger partial charge is 0.447 e. The van der Waals surface area contributed by atoms with Crippen LogP contribution in [0.5, 0.6) is 0 Å². The zero-order chi connectivity index (χ0) is 23.5. The van der Waals surface area contributed by atoms with Crippen LogP contribution in [-0.4, -0.2) is 50.8 Å². The molecule has 0 spiro atoms. The number of anilines is 3. The molecule has 3 rings (SSSR count). The molecule has 2 aromatic carbocycles. The van der Waals surface area contributed by atoms with E-state index in [2.05, 4.69) is 21.3 Å². The van der Waals surface area contributed by atoms with Crippen molar-refractivity contribution in [1.82, 2.24) is 5.32 Å². The number of nitrogens with one attached hydrogen (secondary N) is 4. The summed E-state index contributed by atoms with van der Waals surface area (Å²) in [5.41, 5.74) is 2.08. The van der Waals surface area contributed by atoms with Crippen molar-refractivity contribution >= 4 is 35.0 Å². The third kappa shape index (κ3) is 7.80. The number of carbonyl (C=O) groups excluding carboxylic acids is 3. The molecule has 0 radical (unpaired) electrons. The van der Waals surface area contributed by atoms with Crippen LogP contribution in [0.25, 0.3) is 0 Å². The molecule has 0 heterocycles. The molecule has 9 heteroatoms. The lowest BCUT2D eigenvalue weighted by Gasteiger charge is -2.15. The van der Waals surface area contributed by atoms with Gasteiger partial charge in [-0.2, -0.15) is 0 Å². The van der Waals surface area contributed by atoms with E-state index >= 15 is 0 Å². The van der Waals surface area contributed by atoms with E-state index in [0.717, 1.165) is 25.7 Å². The highest BCUT2D eigenvalue weighted by Crippen LogP contribution is 2.20. The zero-order valence-corrected chi connectivity index (χ0v) is 18.7. The quantitative estimate of drug-likeness (QED) is 0.408. The molecule has 1 aliphatic rings. The number of para-hydroxylation sites is 1. The topological polar surface area (TPSA) is 118 Å². The minimum absolute atomic E-state index is 0.0136. The fraction of sp³-hybridized carbons (Fsp3) is 0.375. The van der Waals surface area contributed by atoms with Gasteiger partial charge in [-0.1, -0.05) is 31.0 Å². The SMILES string of the molecule is COCCOC(=O)Nc1cccc(NCC(=O)Nc2ccccc2C(=O)NC2CCCC2)c1. The Morgan fingerprint density at radius 3 is 2.48 bits per heavy atom. The summed E-state index contributed by atoms with van der Waals surface area (Å²) in [6, 6.07) is 14.1. The predicted molar refractivity (Wildman–Crippen MR) is 127 cm³/mol. The number of benzene rings is 2. The van der Waals surface area contributed by atoms with Crippen molar-refractivity contribution in [3.05, 3.63) is 54.1 Å². The van der Waals surface area contributed by atoms with Crippen molar-refractivity contribution in [2.75, 3.05) is 42.8 Å². The first kappa shape index (κ1) is 24.1.